The third-order valence-electron chi connectivity index (χ3n) is 6.91. The van der Waals surface area contributed by atoms with E-state index in [1.54, 1.807) is 37.3 Å². The predicted octanol–water partition coefficient (Wildman–Crippen LogP) is 5.93. The predicted molar refractivity (Wildman–Crippen MR) is 167 cm³/mol. The summed E-state index contributed by atoms with van der Waals surface area (Å²) in [6, 6.07) is 18.7. The molecule has 0 heterocycles. The van der Waals surface area contributed by atoms with Crippen LogP contribution < -0.4 is 9.62 Å². The number of hydrogen-bond donors (Lipinski definition) is 1. The van der Waals surface area contributed by atoms with Crippen molar-refractivity contribution < 1.29 is 18.0 Å². The van der Waals surface area contributed by atoms with Gasteiger partial charge in [-0.05, 0) is 62.1 Å². The molecule has 0 saturated heterocycles. The van der Waals surface area contributed by atoms with Crippen LogP contribution in [0.3, 0.4) is 0 Å². The van der Waals surface area contributed by atoms with Gasteiger partial charge in [0.1, 0.15) is 12.6 Å². The fourth-order valence-electron chi connectivity index (χ4n) is 4.51. The Morgan fingerprint density at radius 2 is 1.61 bits per heavy atom. The van der Waals surface area contributed by atoms with Gasteiger partial charge >= 0.3 is 0 Å². The lowest BCUT2D eigenvalue weighted by Gasteiger charge is -2.34. The molecule has 10 heteroatoms. The van der Waals surface area contributed by atoms with Gasteiger partial charge < -0.3 is 10.2 Å². The first-order valence-electron chi connectivity index (χ1n) is 13.4. The van der Waals surface area contributed by atoms with E-state index < -0.39 is 28.5 Å². The fraction of sp³-hybridized carbons (Fsp3) is 0.355. The maximum Gasteiger partial charge on any atom is 0.244 e. The van der Waals surface area contributed by atoms with Gasteiger partial charge in [0.05, 0.1) is 22.0 Å². The molecule has 0 aromatic heterocycles. The van der Waals surface area contributed by atoms with Crippen molar-refractivity contribution in [1.82, 2.24) is 10.2 Å². The summed E-state index contributed by atoms with van der Waals surface area (Å²) in [5.41, 5.74) is 3.61. The smallest absolute Gasteiger partial charge is 0.244 e. The van der Waals surface area contributed by atoms with Crippen molar-refractivity contribution in [2.75, 3.05) is 17.1 Å². The number of benzene rings is 3. The van der Waals surface area contributed by atoms with Crippen LogP contribution in [0.15, 0.2) is 66.7 Å². The highest BCUT2D eigenvalue weighted by Gasteiger charge is 2.33. The summed E-state index contributed by atoms with van der Waals surface area (Å²) in [5.74, 6) is -0.851. The van der Waals surface area contributed by atoms with Gasteiger partial charge in [-0.2, -0.15) is 0 Å². The van der Waals surface area contributed by atoms with Crippen LogP contribution in [0.1, 0.15) is 42.5 Å². The molecule has 0 aliphatic heterocycles. The normalized spacial score (nSPS) is 12.9. The Labute approximate surface area is 253 Å². The van der Waals surface area contributed by atoms with E-state index in [2.05, 4.69) is 5.32 Å². The van der Waals surface area contributed by atoms with Crippen LogP contribution in [-0.2, 0) is 32.6 Å². The fourth-order valence-corrected chi connectivity index (χ4v) is 5.74. The number of nitrogens with one attached hydrogen (secondary N) is 1. The largest absolute Gasteiger partial charge is 0.352 e. The van der Waals surface area contributed by atoms with Crippen LogP contribution >= 0.6 is 23.2 Å². The van der Waals surface area contributed by atoms with Crippen molar-refractivity contribution in [3.8, 4) is 0 Å². The highest BCUT2D eigenvalue weighted by molar-refractivity contribution is 7.92. The lowest BCUT2D eigenvalue weighted by atomic mass is 10.0. The molecule has 2 amide bonds. The van der Waals surface area contributed by atoms with Crippen molar-refractivity contribution in [3.05, 3.63) is 99.0 Å². The molecule has 7 nitrogen and oxygen atoms in total. The van der Waals surface area contributed by atoms with E-state index >= 15 is 0 Å². The molecular weight excluding hydrogens is 581 g/mol. The monoisotopic (exact) mass is 617 g/mol. The number of amides is 2. The number of nitrogens with zero attached hydrogens (tertiary/aromatic N) is 2. The summed E-state index contributed by atoms with van der Waals surface area (Å²) in [6.07, 6.45) is 2.01. The molecule has 2 atom stereocenters. The Bertz CT molecular complexity index is 1480. The van der Waals surface area contributed by atoms with E-state index in [0.717, 1.165) is 27.3 Å². The third-order valence-corrected chi connectivity index (χ3v) is 8.77. The van der Waals surface area contributed by atoms with Crippen LogP contribution in [0.25, 0.3) is 0 Å². The number of carbonyl (C=O) groups excluding carboxylic acids is 2. The molecule has 3 rings (SSSR count). The number of aryl methyl sites for hydroxylation is 2. The molecule has 0 aliphatic rings. The summed E-state index contributed by atoms with van der Waals surface area (Å²) < 4.78 is 27.1. The molecular formula is C31H37Cl2N3O4S. The van der Waals surface area contributed by atoms with E-state index in [0.29, 0.717) is 27.7 Å². The minimum absolute atomic E-state index is 0.0195. The van der Waals surface area contributed by atoms with Gasteiger partial charge in [-0.3, -0.25) is 13.9 Å². The number of hydrogen-bond acceptors (Lipinski definition) is 4. The Kier molecular flexibility index (Phi) is 11.2. The van der Waals surface area contributed by atoms with Crippen LogP contribution in [0.4, 0.5) is 5.69 Å². The Morgan fingerprint density at radius 3 is 2.20 bits per heavy atom. The molecule has 0 spiro atoms. The first-order valence-corrected chi connectivity index (χ1v) is 16.0. The maximum atomic E-state index is 14.2. The molecule has 220 valence electrons. The lowest BCUT2D eigenvalue weighted by molar-refractivity contribution is -0.140. The Hall–Kier alpha value is -3.07. The Morgan fingerprint density at radius 1 is 0.927 bits per heavy atom. The lowest BCUT2D eigenvalue weighted by Crippen LogP contribution is -2.54. The maximum absolute atomic E-state index is 14.2. The highest BCUT2D eigenvalue weighted by atomic mass is 35.5. The second kappa shape index (κ2) is 14.2. The van der Waals surface area contributed by atoms with E-state index in [-0.39, 0.29) is 24.9 Å². The van der Waals surface area contributed by atoms with Gasteiger partial charge in [0.15, 0.2) is 0 Å². The van der Waals surface area contributed by atoms with E-state index in [1.807, 2.05) is 57.2 Å². The molecule has 0 bridgehead atoms. The molecule has 0 saturated carbocycles. The second-order valence-electron chi connectivity index (χ2n) is 10.4. The Balaban J connectivity index is 2.10. The van der Waals surface area contributed by atoms with Crippen LogP contribution in [0.2, 0.25) is 10.0 Å². The summed E-state index contributed by atoms with van der Waals surface area (Å²) >= 11 is 12.4. The molecule has 1 N–H and O–H groups in total. The molecule has 0 fully saturated rings. The van der Waals surface area contributed by atoms with Gasteiger partial charge in [0.25, 0.3) is 0 Å². The number of carbonyl (C=O) groups is 2. The zero-order chi connectivity index (χ0) is 30.3. The van der Waals surface area contributed by atoms with Crippen molar-refractivity contribution in [3.63, 3.8) is 0 Å². The topological polar surface area (TPSA) is 86.8 Å². The van der Waals surface area contributed by atoms with E-state index in [9.17, 15) is 18.0 Å². The van der Waals surface area contributed by atoms with Crippen molar-refractivity contribution >= 4 is 50.7 Å². The quantitative estimate of drug-likeness (QED) is 0.273. The highest BCUT2D eigenvalue weighted by Crippen LogP contribution is 2.26. The third kappa shape index (κ3) is 8.96. The molecule has 0 aliphatic carbocycles. The van der Waals surface area contributed by atoms with Crippen LogP contribution in [-0.4, -0.2) is 50.0 Å². The SMILES string of the molecule is CCC(C)NC(=O)C(Cc1ccccc1)N(Cc1ccc(Cl)c(Cl)c1)C(=O)CN(c1ccc(C)cc1C)S(C)(=O)=O. The summed E-state index contributed by atoms with van der Waals surface area (Å²) in [4.78, 5) is 29.4. The second-order valence-corrected chi connectivity index (χ2v) is 13.1. The average molecular weight is 619 g/mol. The van der Waals surface area contributed by atoms with Gasteiger partial charge in [0, 0.05) is 19.0 Å². The van der Waals surface area contributed by atoms with Crippen LogP contribution in [0, 0.1) is 13.8 Å². The average Bonchev–Trinajstić information content (AvgIpc) is 2.91. The number of anilines is 1. The zero-order valence-electron chi connectivity index (χ0n) is 24.0. The zero-order valence-corrected chi connectivity index (χ0v) is 26.4. The van der Waals surface area contributed by atoms with Gasteiger partial charge in [-0.1, -0.05) is 84.2 Å². The first-order chi connectivity index (χ1) is 19.3. The summed E-state index contributed by atoms with van der Waals surface area (Å²) in [6.45, 7) is 7.11. The molecule has 0 radical (unpaired) electrons. The van der Waals surface area contributed by atoms with Crippen molar-refractivity contribution in [2.24, 2.45) is 0 Å². The van der Waals surface area contributed by atoms with Crippen molar-refractivity contribution in [2.45, 2.75) is 59.2 Å². The minimum Gasteiger partial charge on any atom is -0.352 e. The minimum atomic E-state index is -3.85. The number of halogens is 2. The van der Waals surface area contributed by atoms with Crippen LogP contribution in [0.5, 0.6) is 0 Å². The van der Waals surface area contributed by atoms with Crippen molar-refractivity contribution in [1.29, 1.82) is 0 Å². The van der Waals surface area contributed by atoms with E-state index in [4.69, 9.17) is 23.2 Å². The standard InChI is InChI=1S/C31H37Cl2N3O4S/c1-6-23(4)34-31(38)29(18-24-10-8-7-9-11-24)35(19-25-13-14-26(32)27(33)17-25)30(37)20-36(41(5,39)40)28-15-12-21(2)16-22(28)3/h7-17,23,29H,6,18-20H2,1-5H3,(H,34,38). The number of sulfonamides is 1. The van der Waals surface area contributed by atoms with E-state index in [1.165, 1.54) is 4.90 Å². The van der Waals surface area contributed by atoms with Gasteiger partial charge in [-0.25, -0.2) is 8.42 Å². The van der Waals surface area contributed by atoms with Gasteiger partial charge in [0.2, 0.25) is 21.8 Å². The summed E-state index contributed by atoms with van der Waals surface area (Å²) in [7, 11) is -3.85. The summed E-state index contributed by atoms with van der Waals surface area (Å²) in [5, 5.41) is 3.69. The molecule has 3 aromatic rings. The van der Waals surface area contributed by atoms with Gasteiger partial charge in [-0.15, -0.1) is 0 Å². The number of rotatable bonds is 12. The molecule has 3 aromatic carbocycles. The molecule has 41 heavy (non-hydrogen) atoms. The molecule has 2 unspecified atom stereocenters. The first kappa shape index (κ1) is 32.4.